The molecule has 1 saturated heterocycles. The highest BCUT2D eigenvalue weighted by molar-refractivity contribution is 6.05. The van der Waals surface area contributed by atoms with Crippen molar-refractivity contribution in [3.8, 4) is 5.75 Å². The van der Waals surface area contributed by atoms with Crippen molar-refractivity contribution >= 4 is 23.3 Å². The Morgan fingerprint density at radius 1 is 1.03 bits per heavy atom. The van der Waals surface area contributed by atoms with Gasteiger partial charge in [0.2, 0.25) is 0 Å². The van der Waals surface area contributed by atoms with Gasteiger partial charge in [-0.3, -0.25) is 9.69 Å². The summed E-state index contributed by atoms with van der Waals surface area (Å²) < 4.78 is 18.6. The molecule has 0 aromatic heterocycles. The van der Waals surface area contributed by atoms with Gasteiger partial charge in [-0.25, -0.2) is 9.18 Å². The highest BCUT2D eigenvalue weighted by atomic mass is 19.1. The third-order valence-corrected chi connectivity index (χ3v) is 5.34. The maximum absolute atomic E-state index is 13.5. The predicted octanol–water partition coefficient (Wildman–Crippen LogP) is 4.92. The van der Waals surface area contributed by atoms with E-state index >= 15 is 0 Å². The van der Waals surface area contributed by atoms with Crippen LogP contribution in [0.25, 0.3) is 0 Å². The Labute approximate surface area is 186 Å². The number of anilines is 2. The third-order valence-electron chi connectivity index (χ3n) is 5.34. The van der Waals surface area contributed by atoms with Crippen molar-refractivity contribution in [1.82, 2.24) is 4.90 Å². The van der Waals surface area contributed by atoms with Crippen molar-refractivity contribution in [2.24, 2.45) is 0 Å². The molecule has 6 nitrogen and oxygen atoms in total. The van der Waals surface area contributed by atoms with Crippen LogP contribution < -0.4 is 15.0 Å². The molecule has 3 aromatic carbocycles. The van der Waals surface area contributed by atoms with Gasteiger partial charge in [-0.2, -0.15) is 0 Å². The molecular weight excluding hydrogens is 409 g/mol. The maximum Gasteiger partial charge on any atom is 0.324 e. The quantitative estimate of drug-likeness (QED) is 0.600. The van der Waals surface area contributed by atoms with Crippen LogP contribution >= 0.6 is 0 Å². The number of carbonyl (C=O) groups excluding carboxylic acids is 2. The van der Waals surface area contributed by atoms with Gasteiger partial charge in [-0.15, -0.1) is 0 Å². The Morgan fingerprint density at radius 3 is 2.56 bits per heavy atom. The zero-order chi connectivity index (χ0) is 22.5. The van der Waals surface area contributed by atoms with Gasteiger partial charge in [-0.05, 0) is 66.6 Å². The zero-order valence-corrected chi connectivity index (χ0v) is 17.8. The predicted molar refractivity (Wildman–Crippen MR) is 122 cm³/mol. The van der Waals surface area contributed by atoms with Gasteiger partial charge in [0.15, 0.2) is 0 Å². The third kappa shape index (κ3) is 4.88. The van der Waals surface area contributed by atoms with Crippen LogP contribution in [0, 0.1) is 5.82 Å². The summed E-state index contributed by atoms with van der Waals surface area (Å²) in [6.07, 6.45) is 0.781. The molecular formula is C25H24FN3O3. The molecule has 0 unspecified atom stereocenters. The monoisotopic (exact) mass is 433 g/mol. The van der Waals surface area contributed by atoms with Gasteiger partial charge >= 0.3 is 6.03 Å². The molecule has 32 heavy (non-hydrogen) atoms. The average Bonchev–Trinajstić information content (AvgIpc) is 2.81. The van der Waals surface area contributed by atoms with Crippen LogP contribution in [0.1, 0.15) is 22.3 Å². The molecule has 1 N–H and O–H groups in total. The summed E-state index contributed by atoms with van der Waals surface area (Å²) in [7, 11) is 1.58. The number of ether oxygens (including phenoxy) is 1. The summed E-state index contributed by atoms with van der Waals surface area (Å²) in [5.74, 6) is 0.119. The lowest BCUT2D eigenvalue weighted by molar-refractivity contribution is 0.102. The summed E-state index contributed by atoms with van der Waals surface area (Å²) in [5, 5.41) is 2.85. The molecule has 3 aromatic rings. The van der Waals surface area contributed by atoms with Crippen LogP contribution in [-0.2, 0) is 6.54 Å². The van der Waals surface area contributed by atoms with E-state index in [1.54, 1.807) is 71.5 Å². The van der Waals surface area contributed by atoms with Crippen molar-refractivity contribution in [2.75, 3.05) is 30.4 Å². The van der Waals surface area contributed by atoms with Crippen LogP contribution in [0.5, 0.6) is 5.75 Å². The smallest absolute Gasteiger partial charge is 0.324 e. The summed E-state index contributed by atoms with van der Waals surface area (Å²) in [6, 6.07) is 20.2. The Kier molecular flexibility index (Phi) is 6.35. The Bertz CT molecular complexity index is 1120. The highest BCUT2D eigenvalue weighted by Crippen LogP contribution is 2.24. The van der Waals surface area contributed by atoms with Gasteiger partial charge in [0.05, 0.1) is 7.11 Å². The molecule has 164 valence electrons. The molecule has 0 bridgehead atoms. The number of rotatable bonds is 6. The lowest BCUT2D eigenvalue weighted by Crippen LogP contribution is -2.49. The maximum atomic E-state index is 13.5. The van der Waals surface area contributed by atoms with E-state index in [1.165, 1.54) is 12.1 Å². The van der Waals surface area contributed by atoms with E-state index in [-0.39, 0.29) is 17.8 Å². The first-order valence-corrected chi connectivity index (χ1v) is 10.4. The Balaban J connectivity index is 1.47. The van der Waals surface area contributed by atoms with Gasteiger partial charge in [-0.1, -0.05) is 18.2 Å². The SMILES string of the molecule is COc1ccc(NC(=O)c2cccc(N3CCCN(Cc4cccc(F)c4)C3=O)c2)cc1. The topological polar surface area (TPSA) is 61.9 Å². The van der Waals surface area contributed by atoms with E-state index in [2.05, 4.69) is 5.32 Å². The minimum absolute atomic E-state index is 0.159. The van der Waals surface area contributed by atoms with Gasteiger partial charge in [0, 0.05) is 36.6 Å². The molecule has 4 rings (SSSR count). The van der Waals surface area contributed by atoms with E-state index in [9.17, 15) is 14.0 Å². The molecule has 0 radical (unpaired) electrons. The first-order chi connectivity index (χ1) is 15.5. The number of nitrogens with one attached hydrogen (secondary N) is 1. The standard InChI is InChI=1S/C25H24FN3O3/c1-32-23-11-9-21(10-12-23)27-24(30)19-6-3-8-22(16-19)29-14-4-13-28(25(29)31)17-18-5-2-7-20(26)15-18/h2-3,5-12,15-16H,4,13-14,17H2,1H3,(H,27,30). The van der Waals surface area contributed by atoms with E-state index < -0.39 is 0 Å². The molecule has 1 aliphatic rings. The van der Waals surface area contributed by atoms with Gasteiger partial charge in [0.25, 0.3) is 5.91 Å². The van der Waals surface area contributed by atoms with E-state index in [1.807, 2.05) is 6.07 Å². The molecule has 7 heteroatoms. The van der Waals surface area contributed by atoms with Crippen molar-refractivity contribution in [3.63, 3.8) is 0 Å². The van der Waals surface area contributed by atoms with Crippen LogP contribution in [0.2, 0.25) is 0 Å². The summed E-state index contributed by atoms with van der Waals surface area (Å²) in [4.78, 5) is 29.2. The normalized spacial score (nSPS) is 13.8. The number of methoxy groups -OCH3 is 1. The molecule has 0 spiro atoms. The van der Waals surface area contributed by atoms with E-state index in [0.29, 0.717) is 42.3 Å². The fraction of sp³-hybridized carbons (Fsp3) is 0.200. The second-order valence-corrected chi connectivity index (χ2v) is 7.57. The van der Waals surface area contributed by atoms with Crippen LogP contribution in [-0.4, -0.2) is 37.0 Å². The van der Waals surface area contributed by atoms with Crippen molar-refractivity contribution in [3.05, 3.63) is 89.7 Å². The lowest BCUT2D eigenvalue weighted by Gasteiger charge is -2.35. The second kappa shape index (κ2) is 9.51. The zero-order valence-electron chi connectivity index (χ0n) is 17.8. The van der Waals surface area contributed by atoms with E-state index in [0.717, 1.165) is 12.0 Å². The number of urea groups is 1. The number of nitrogens with zero attached hydrogens (tertiary/aromatic N) is 2. The van der Waals surface area contributed by atoms with Gasteiger partial charge in [0.1, 0.15) is 11.6 Å². The van der Waals surface area contributed by atoms with Crippen molar-refractivity contribution < 1.29 is 18.7 Å². The Morgan fingerprint density at radius 2 is 1.81 bits per heavy atom. The number of carbonyl (C=O) groups is 2. The Hall–Kier alpha value is -3.87. The number of benzene rings is 3. The fourth-order valence-electron chi connectivity index (χ4n) is 3.72. The minimum Gasteiger partial charge on any atom is -0.497 e. The molecule has 0 saturated carbocycles. The summed E-state index contributed by atoms with van der Waals surface area (Å²) >= 11 is 0. The highest BCUT2D eigenvalue weighted by Gasteiger charge is 2.27. The lowest BCUT2D eigenvalue weighted by atomic mass is 10.1. The molecule has 3 amide bonds. The molecule has 0 aliphatic carbocycles. The van der Waals surface area contributed by atoms with E-state index in [4.69, 9.17) is 4.74 Å². The van der Waals surface area contributed by atoms with Crippen LogP contribution in [0.4, 0.5) is 20.6 Å². The molecule has 1 fully saturated rings. The van der Waals surface area contributed by atoms with Crippen molar-refractivity contribution in [2.45, 2.75) is 13.0 Å². The number of halogens is 1. The van der Waals surface area contributed by atoms with Crippen molar-refractivity contribution in [1.29, 1.82) is 0 Å². The fourth-order valence-corrected chi connectivity index (χ4v) is 3.72. The summed E-state index contributed by atoms with van der Waals surface area (Å²) in [5.41, 5.74) is 2.50. The molecule has 1 aliphatic heterocycles. The first-order valence-electron chi connectivity index (χ1n) is 10.4. The van der Waals surface area contributed by atoms with Crippen LogP contribution in [0.15, 0.2) is 72.8 Å². The molecule has 1 heterocycles. The number of hydrogen-bond donors (Lipinski definition) is 1. The largest absolute Gasteiger partial charge is 0.497 e. The minimum atomic E-state index is -0.320. The summed E-state index contributed by atoms with van der Waals surface area (Å²) in [6.45, 7) is 1.50. The first kappa shape index (κ1) is 21.4. The average molecular weight is 433 g/mol. The van der Waals surface area contributed by atoms with Crippen LogP contribution in [0.3, 0.4) is 0 Å². The number of hydrogen-bond acceptors (Lipinski definition) is 3. The van der Waals surface area contributed by atoms with Gasteiger partial charge < -0.3 is 15.0 Å². The second-order valence-electron chi connectivity index (χ2n) is 7.57. The molecule has 0 atom stereocenters. The number of amides is 3.